The maximum absolute atomic E-state index is 12.7. The molecule has 194 valence electrons. The smallest absolute Gasteiger partial charge is 0.280 e. The summed E-state index contributed by atoms with van der Waals surface area (Å²) in [7, 11) is 1.55. The Kier molecular flexibility index (Phi) is 7.56. The number of pyridine rings is 1. The van der Waals surface area contributed by atoms with Crippen molar-refractivity contribution in [3.8, 4) is 17.6 Å². The van der Waals surface area contributed by atoms with Crippen molar-refractivity contribution in [2.24, 2.45) is 0 Å². The van der Waals surface area contributed by atoms with Crippen LogP contribution < -0.4 is 14.4 Å². The van der Waals surface area contributed by atoms with Crippen molar-refractivity contribution < 1.29 is 23.0 Å². The number of fused-ring (bicyclic) bond motifs is 1. The lowest BCUT2D eigenvalue weighted by molar-refractivity contribution is 0.122. The first-order chi connectivity index (χ1) is 18.6. The van der Waals surface area contributed by atoms with Crippen LogP contribution in [0.15, 0.2) is 54.9 Å². The van der Waals surface area contributed by atoms with Crippen LogP contribution >= 0.6 is 0 Å². The van der Waals surface area contributed by atoms with Crippen LogP contribution in [0.3, 0.4) is 0 Å². The molecular formula is C28H25F2N5O3. The van der Waals surface area contributed by atoms with Crippen LogP contribution in [0.2, 0.25) is 0 Å². The van der Waals surface area contributed by atoms with Gasteiger partial charge in [-0.25, -0.2) is 13.8 Å². The molecule has 1 fully saturated rings. The van der Waals surface area contributed by atoms with E-state index in [1.54, 1.807) is 25.4 Å². The predicted molar refractivity (Wildman–Crippen MR) is 137 cm³/mol. The number of aromatic nitrogens is 3. The zero-order valence-corrected chi connectivity index (χ0v) is 20.7. The van der Waals surface area contributed by atoms with Gasteiger partial charge < -0.3 is 19.1 Å². The molecule has 0 radical (unpaired) electrons. The minimum absolute atomic E-state index is 0.152. The van der Waals surface area contributed by atoms with Crippen LogP contribution in [0, 0.1) is 11.3 Å². The van der Waals surface area contributed by atoms with Crippen molar-refractivity contribution in [3.63, 3.8) is 0 Å². The van der Waals surface area contributed by atoms with E-state index in [9.17, 15) is 14.0 Å². The third-order valence-corrected chi connectivity index (χ3v) is 6.32. The summed E-state index contributed by atoms with van der Waals surface area (Å²) in [6.07, 6.45) is 0.985. The van der Waals surface area contributed by atoms with Gasteiger partial charge in [-0.1, -0.05) is 18.2 Å². The van der Waals surface area contributed by atoms with Gasteiger partial charge >= 0.3 is 0 Å². The molecule has 0 spiro atoms. The molecule has 8 nitrogen and oxygen atoms in total. The maximum Gasteiger partial charge on any atom is 0.280 e. The number of rotatable bonds is 8. The molecule has 0 saturated carbocycles. The van der Waals surface area contributed by atoms with Gasteiger partial charge in [0.2, 0.25) is 0 Å². The summed E-state index contributed by atoms with van der Waals surface area (Å²) in [6, 6.07) is 14.5. The second-order valence-electron chi connectivity index (χ2n) is 8.75. The molecule has 1 aliphatic heterocycles. The molecule has 5 rings (SSSR count). The number of halogens is 2. The van der Waals surface area contributed by atoms with Gasteiger partial charge in [0.15, 0.2) is 11.5 Å². The summed E-state index contributed by atoms with van der Waals surface area (Å²) in [5.41, 5.74) is 3.87. The number of nitriles is 1. The molecule has 0 atom stereocenters. The summed E-state index contributed by atoms with van der Waals surface area (Å²) in [5.74, 6) is 1.76. The van der Waals surface area contributed by atoms with E-state index in [1.165, 1.54) is 12.3 Å². The third-order valence-electron chi connectivity index (χ3n) is 6.32. The lowest BCUT2D eigenvalue weighted by atomic mass is 9.98. The summed E-state index contributed by atoms with van der Waals surface area (Å²) in [5, 5.41) is 10.0. The fraction of sp³-hybridized carbons (Fsp3) is 0.286. The molecule has 2 aromatic heterocycles. The minimum Gasteiger partial charge on any atom is -0.493 e. The quantitative estimate of drug-likeness (QED) is 0.328. The first kappa shape index (κ1) is 25.3. The van der Waals surface area contributed by atoms with E-state index in [0.717, 1.165) is 30.0 Å². The highest BCUT2D eigenvalue weighted by atomic mass is 19.3. The topological polar surface area (TPSA) is 93.4 Å². The Morgan fingerprint density at radius 2 is 1.84 bits per heavy atom. The van der Waals surface area contributed by atoms with Gasteiger partial charge in [-0.15, -0.1) is 0 Å². The van der Waals surface area contributed by atoms with Crippen molar-refractivity contribution in [1.82, 2.24) is 15.0 Å². The van der Waals surface area contributed by atoms with Gasteiger partial charge in [0, 0.05) is 24.8 Å². The fourth-order valence-electron chi connectivity index (χ4n) is 4.30. The fourth-order valence-corrected chi connectivity index (χ4v) is 4.30. The number of benzene rings is 2. The Morgan fingerprint density at radius 1 is 1.03 bits per heavy atom. The molecular weight excluding hydrogens is 492 g/mol. The average molecular weight is 518 g/mol. The van der Waals surface area contributed by atoms with Gasteiger partial charge in [-0.05, 0) is 41.8 Å². The SMILES string of the molecule is COc1cc(Cc2ccc3ncc(N4CCOCC4)nc3c2C#N)ccc1OCc1ccc(C(F)F)nc1. The number of hydrogen-bond acceptors (Lipinski definition) is 8. The van der Waals surface area contributed by atoms with Gasteiger partial charge in [0.05, 0.1) is 37.6 Å². The van der Waals surface area contributed by atoms with Crippen LogP contribution in [0.4, 0.5) is 14.6 Å². The summed E-state index contributed by atoms with van der Waals surface area (Å²) in [6.45, 7) is 2.88. The molecule has 0 unspecified atom stereocenters. The lowest BCUT2D eigenvalue weighted by Crippen LogP contribution is -2.36. The molecule has 1 saturated heterocycles. The number of methoxy groups -OCH3 is 1. The minimum atomic E-state index is -2.61. The van der Waals surface area contributed by atoms with Crippen molar-refractivity contribution in [1.29, 1.82) is 5.26 Å². The Hall–Kier alpha value is -4.36. The monoisotopic (exact) mass is 517 g/mol. The molecule has 2 aromatic carbocycles. The Labute approximate surface area is 218 Å². The van der Waals surface area contributed by atoms with Crippen LogP contribution in [0.1, 0.15) is 34.4 Å². The number of anilines is 1. The third kappa shape index (κ3) is 5.48. The van der Waals surface area contributed by atoms with Crippen molar-refractivity contribution in [2.75, 3.05) is 38.3 Å². The van der Waals surface area contributed by atoms with E-state index in [2.05, 4.69) is 20.9 Å². The van der Waals surface area contributed by atoms with Crippen molar-refractivity contribution in [3.05, 3.63) is 82.8 Å². The number of nitrogens with zero attached hydrogens (tertiary/aromatic N) is 5. The first-order valence-corrected chi connectivity index (χ1v) is 12.1. The zero-order chi connectivity index (χ0) is 26.5. The molecule has 1 aliphatic rings. The summed E-state index contributed by atoms with van der Waals surface area (Å²) >= 11 is 0. The van der Waals surface area contributed by atoms with E-state index in [-0.39, 0.29) is 12.3 Å². The molecule has 0 N–H and O–H groups in total. The molecule has 0 aliphatic carbocycles. The van der Waals surface area contributed by atoms with Gasteiger partial charge in [0.1, 0.15) is 29.7 Å². The van der Waals surface area contributed by atoms with E-state index in [0.29, 0.717) is 53.3 Å². The number of hydrogen-bond donors (Lipinski definition) is 0. The highest BCUT2D eigenvalue weighted by Crippen LogP contribution is 2.31. The highest BCUT2D eigenvalue weighted by Gasteiger charge is 2.17. The highest BCUT2D eigenvalue weighted by molar-refractivity contribution is 5.83. The van der Waals surface area contributed by atoms with E-state index < -0.39 is 6.43 Å². The van der Waals surface area contributed by atoms with Crippen LogP contribution in [0.5, 0.6) is 11.5 Å². The van der Waals surface area contributed by atoms with Crippen molar-refractivity contribution >= 4 is 16.9 Å². The van der Waals surface area contributed by atoms with Crippen LogP contribution in [0.25, 0.3) is 11.0 Å². The maximum atomic E-state index is 12.7. The second-order valence-corrected chi connectivity index (χ2v) is 8.75. The first-order valence-electron chi connectivity index (χ1n) is 12.1. The molecule has 0 bridgehead atoms. The van der Waals surface area contributed by atoms with Gasteiger partial charge in [-0.2, -0.15) is 5.26 Å². The Bertz CT molecular complexity index is 1470. The van der Waals surface area contributed by atoms with Crippen LogP contribution in [-0.4, -0.2) is 48.4 Å². The van der Waals surface area contributed by atoms with Crippen LogP contribution in [-0.2, 0) is 17.8 Å². The molecule has 4 aromatic rings. The largest absolute Gasteiger partial charge is 0.493 e. The van der Waals surface area contributed by atoms with E-state index >= 15 is 0 Å². The second kappa shape index (κ2) is 11.4. The number of morpholine rings is 1. The van der Waals surface area contributed by atoms with Gasteiger partial charge in [0.25, 0.3) is 6.43 Å². The Morgan fingerprint density at radius 3 is 2.55 bits per heavy atom. The average Bonchev–Trinajstić information content (AvgIpc) is 2.96. The molecule has 10 heteroatoms. The Balaban J connectivity index is 1.35. The molecule has 38 heavy (non-hydrogen) atoms. The molecule has 0 amide bonds. The van der Waals surface area contributed by atoms with E-state index in [4.69, 9.17) is 19.2 Å². The van der Waals surface area contributed by atoms with E-state index in [1.807, 2.05) is 24.3 Å². The summed E-state index contributed by atoms with van der Waals surface area (Å²) < 4.78 is 42.3. The zero-order valence-electron chi connectivity index (χ0n) is 20.7. The lowest BCUT2D eigenvalue weighted by Gasteiger charge is -2.27. The number of ether oxygens (including phenoxy) is 3. The van der Waals surface area contributed by atoms with Gasteiger partial charge in [-0.3, -0.25) is 9.97 Å². The molecule has 3 heterocycles. The summed E-state index contributed by atoms with van der Waals surface area (Å²) in [4.78, 5) is 15.2. The predicted octanol–water partition coefficient (Wildman–Crippen LogP) is 4.85. The number of alkyl halides is 2. The van der Waals surface area contributed by atoms with Crippen molar-refractivity contribution in [2.45, 2.75) is 19.5 Å². The normalized spacial score (nSPS) is 13.5. The standard InChI is InChI=1S/C28H25F2N5O3/c1-36-25-13-18(3-7-24(25)38-17-19-2-5-23(28(29)30)32-15-19)12-20-4-6-22-27(21(20)14-31)34-26(16-33-22)35-8-10-37-11-9-35/h2-7,13,15-16,28H,8-12,17H2,1H3.